The van der Waals surface area contributed by atoms with E-state index < -0.39 is 0 Å². The zero-order valence-corrected chi connectivity index (χ0v) is 12.2. The van der Waals surface area contributed by atoms with E-state index in [2.05, 4.69) is 17.2 Å². The number of nitrogens with zero attached hydrogens (tertiary/aromatic N) is 1. The molecule has 1 aromatic rings. The maximum Gasteiger partial charge on any atom is 0.254 e. The highest BCUT2D eigenvalue weighted by Crippen LogP contribution is 2.23. The van der Waals surface area contributed by atoms with Crippen molar-refractivity contribution in [1.29, 1.82) is 0 Å². The Balaban J connectivity index is 1.94. The van der Waals surface area contributed by atoms with E-state index in [0.29, 0.717) is 18.0 Å². The fraction of sp³-hybridized carbons (Fsp3) is 0.538. The summed E-state index contributed by atoms with van der Waals surface area (Å²) in [6.07, 6.45) is 2.17. The molecule has 0 aliphatic carbocycles. The number of nitrogens with one attached hydrogen (secondary N) is 1. The second-order valence-electron chi connectivity index (χ2n) is 4.55. The third-order valence-corrected chi connectivity index (χ3v) is 3.83. The van der Waals surface area contributed by atoms with E-state index in [0.717, 1.165) is 19.4 Å². The number of halogens is 2. The molecule has 104 valence electrons. The molecule has 2 unspecified atom stereocenters. The van der Waals surface area contributed by atoms with Crippen LogP contribution in [0.25, 0.3) is 0 Å². The van der Waals surface area contributed by atoms with Crippen LogP contribution in [0.4, 0.5) is 0 Å². The molecular formula is C13H16Cl2N2O2. The number of amides is 1. The van der Waals surface area contributed by atoms with Gasteiger partial charge in [-0.15, -0.1) is 0 Å². The van der Waals surface area contributed by atoms with Crippen LogP contribution in [0.15, 0.2) is 12.1 Å². The molecule has 4 nitrogen and oxygen atoms in total. The van der Waals surface area contributed by atoms with Gasteiger partial charge < -0.3 is 10.1 Å². The fourth-order valence-electron chi connectivity index (χ4n) is 2.28. The Labute approximate surface area is 122 Å². The van der Waals surface area contributed by atoms with E-state index in [9.17, 15) is 4.79 Å². The van der Waals surface area contributed by atoms with Gasteiger partial charge in [-0.2, -0.15) is 0 Å². The largest absolute Gasteiger partial charge is 0.378 e. The van der Waals surface area contributed by atoms with Crippen molar-refractivity contribution in [3.8, 4) is 0 Å². The summed E-state index contributed by atoms with van der Waals surface area (Å²) in [5.74, 6) is 0.143. The zero-order valence-electron chi connectivity index (χ0n) is 10.7. The fourth-order valence-corrected chi connectivity index (χ4v) is 2.71. The van der Waals surface area contributed by atoms with Crippen LogP contribution in [-0.2, 0) is 4.74 Å². The molecular weight excluding hydrogens is 287 g/mol. The van der Waals surface area contributed by atoms with Crippen molar-refractivity contribution < 1.29 is 9.53 Å². The molecule has 6 heteroatoms. The lowest BCUT2D eigenvalue weighted by Gasteiger charge is -2.17. The van der Waals surface area contributed by atoms with Crippen LogP contribution < -0.4 is 5.32 Å². The quantitative estimate of drug-likeness (QED) is 0.870. The van der Waals surface area contributed by atoms with E-state index in [1.807, 2.05) is 0 Å². The average Bonchev–Trinajstić information content (AvgIpc) is 2.83. The molecule has 0 bridgehead atoms. The monoisotopic (exact) mass is 302 g/mol. The second kappa shape index (κ2) is 6.55. The summed E-state index contributed by atoms with van der Waals surface area (Å²) in [5, 5.41) is 3.28. The molecule has 1 N–H and O–H groups in total. The van der Waals surface area contributed by atoms with E-state index in [1.54, 1.807) is 12.1 Å². The molecule has 1 aliphatic heterocycles. The van der Waals surface area contributed by atoms with E-state index in [1.165, 1.54) is 0 Å². The molecule has 1 fully saturated rings. The van der Waals surface area contributed by atoms with Gasteiger partial charge in [0.15, 0.2) is 0 Å². The summed E-state index contributed by atoms with van der Waals surface area (Å²) in [6, 6.07) is 3.13. The smallest absolute Gasteiger partial charge is 0.254 e. The van der Waals surface area contributed by atoms with Gasteiger partial charge in [0.05, 0.1) is 11.7 Å². The van der Waals surface area contributed by atoms with Gasteiger partial charge in [-0.05, 0) is 25.0 Å². The Hall–Kier alpha value is -0.840. The van der Waals surface area contributed by atoms with E-state index in [4.69, 9.17) is 27.9 Å². The Kier molecular flexibility index (Phi) is 5.02. The van der Waals surface area contributed by atoms with Gasteiger partial charge in [0.25, 0.3) is 5.91 Å². The van der Waals surface area contributed by atoms with Crippen LogP contribution >= 0.6 is 23.2 Å². The van der Waals surface area contributed by atoms with Gasteiger partial charge in [-0.25, -0.2) is 4.98 Å². The molecule has 0 saturated carbocycles. The average molecular weight is 303 g/mol. The summed E-state index contributed by atoms with van der Waals surface area (Å²) in [5.41, 5.74) is 0.345. The van der Waals surface area contributed by atoms with Crippen LogP contribution in [0.1, 0.15) is 30.1 Å². The topological polar surface area (TPSA) is 51.2 Å². The molecule has 0 aromatic carbocycles. The van der Waals surface area contributed by atoms with Crippen LogP contribution in [0.3, 0.4) is 0 Å². The zero-order chi connectivity index (χ0) is 13.8. The van der Waals surface area contributed by atoms with Crippen molar-refractivity contribution in [2.24, 2.45) is 5.92 Å². The second-order valence-corrected chi connectivity index (χ2v) is 5.29. The molecule has 19 heavy (non-hydrogen) atoms. The first kappa shape index (κ1) is 14.6. The van der Waals surface area contributed by atoms with Crippen molar-refractivity contribution in [1.82, 2.24) is 10.3 Å². The lowest BCUT2D eigenvalue weighted by atomic mass is 9.99. The summed E-state index contributed by atoms with van der Waals surface area (Å²) >= 11 is 11.6. The van der Waals surface area contributed by atoms with Crippen molar-refractivity contribution in [2.75, 3.05) is 13.2 Å². The third kappa shape index (κ3) is 3.59. The van der Waals surface area contributed by atoms with Crippen LogP contribution in [-0.4, -0.2) is 30.1 Å². The minimum atomic E-state index is -0.226. The summed E-state index contributed by atoms with van der Waals surface area (Å²) in [7, 11) is 0. The lowest BCUT2D eigenvalue weighted by Crippen LogP contribution is -2.32. The number of aromatic nitrogens is 1. The third-order valence-electron chi connectivity index (χ3n) is 3.33. The molecule has 1 aromatic heterocycles. The highest BCUT2D eigenvalue weighted by Gasteiger charge is 2.27. The maximum absolute atomic E-state index is 12.0. The normalized spacial score (nSPS) is 22.5. The Morgan fingerprint density at radius 3 is 3.00 bits per heavy atom. The molecule has 1 amide bonds. The number of rotatable bonds is 4. The Morgan fingerprint density at radius 1 is 1.53 bits per heavy atom. The standard InChI is InChI=1S/C13H16Cl2N2O2/c1-2-10-8(5-6-19-10)7-16-13(18)9-3-4-11(14)17-12(9)15/h3-4,8,10H,2,5-7H2,1H3,(H,16,18). The predicted molar refractivity (Wildman–Crippen MR) is 74.7 cm³/mol. The molecule has 1 saturated heterocycles. The van der Waals surface area contributed by atoms with Gasteiger partial charge in [0.1, 0.15) is 10.3 Å². The van der Waals surface area contributed by atoms with Gasteiger partial charge in [0.2, 0.25) is 0 Å². The predicted octanol–water partition coefficient (Wildman–Crippen LogP) is 2.93. The molecule has 2 heterocycles. The van der Waals surface area contributed by atoms with E-state index >= 15 is 0 Å². The van der Waals surface area contributed by atoms with Crippen LogP contribution in [0, 0.1) is 5.92 Å². The van der Waals surface area contributed by atoms with Crippen molar-refractivity contribution >= 4 is 29.1 Å². The number of carbonyl (C=O) groups excluding carboxylic acids is 1. The number of hydrogen-bond donors (Lipinski definition) is 1. The minimum Gasteiger partial charge on any atom is -0.378 e. The first-order valence-corrected chi connectivity index (χ1v) is 7.09. The van der Waals surface area contributed by atoms with Gasteiger partial charge in [-0.3, -0.25) is 4.79 Å². The molecule has 0 radical (unpaired) electrons. The molecule has 0 spiro atoms. The van der Waals surface area contributed by atoms with Crippen molar-refractivity contribution in [3.63, 3.8) is 0 Å². The summed E-state index contributed by atoms with van der Waals surface area (Å²) in [4.78, 5) is 15.9. The molecule has 2 atom stereocenters. The lowest BCUT2D eigenvalue weighted by molar-refractivity contribution is 0.0827. The highest BCUT2D eigenvalue weighted by molar-refractivity contribution is 6.34. The van der Waals surface area contributed by atoms with Crippen molar-refractivity contribution in [3.05, 3.63) is 28.0 Å². The van der Waals surface area contributed by atoms with E-state index in [-0.39, 0.29) is 22.3 Å². The number of pyridine rings is 1. The Bertz CT molecular complexity index is 468. The number of ether oxygens (including phenoxy) is 1. The van der Waals surface area contributed by atoms with Gasteiger partial charge in [-0.1, -0.05) is 30.1 Å². The molecule has 1 aliphatic rings. The first-order valence-electron chi connectivity index (χ1n) is 6.33. The minimum absolute atomic E-state index is 0.125. The van der Waals surface area contributed by atoms with Gasteiger partial charge >= 0.3 is 0 Å². The number of carbonyl (C=O) groups is 1. The highest BCUT2D eigenvalue weighted by atomic mass is 35.5. The Morgan fingerprint density at radius 2 is 2.32 bits per heavy atom. The first-order chi connectivity index (χ1) is 9.11. The van der Waals surface area contributed by atoms with Crippen LogP contribution in [0.5, 0.6) is 0 Å². The van der Waals surface area contributed by atoms with Crippen molar-refractivity contribution in [2.45, 2.75) is 25.9 Å². The SMILES string of the molecule is CCC1OCCC1CNC(=O)c1ccc(Cl)nc1Cl. The molecule has 2 rings (SSSR count). The summed E-state index contributed by atoms with van der Waals surface area (Å²) < 4.78 is 5.59. The van der Waals surface area contributed by atoms with Crippen LogP contribution in [0.2, 0.25) is 10.3 Å². The summed E-state index contributed by atoms with van der Waals surface area (Å²) in [6.45, 7) is 3.45. The van der Waals surface area contributed by atoms with Gasteiger partial charge in [0, 0.05) is 19.1 Å². The maximum atomic E-state index is 12.0. The number of hydrogen-bond acceptors (Lipinski definition) is 3.